The van der Waals surface area contributed by atoms with Crippen molar-refractivity contribution in [2.45, 2.75) is 245 Å². The lowest BCUT2D eigenvalue weighted by molar-refractivity contribution is -0.870. The molecule has 0 aliphatic heterocycles. The van der Waals surface area contributed by atoms with Gasteiger partial charge in [0.1, 0.15) is 19.8 Å². The van der Waals surface area contributed by atoms with Gasteiger partial charge in [0.25, 0.3) is 7.82 Å². The highest BCUT2D eigenvalue weighted by Crippen LogP contribution is 2.38. The molecule has 0 fully saturated rings. The molecule has 2 atom stereocenters. The quantitative estimate of drug-likeness (QED) is 0.0258. The molecule has 0 N–H and O–H groups in total. The van der Waals surface area contributed by atoms with Crippen LogP contribution in [0, 0.1) is 0 Å². The second-order valence-corrected chi connectivity index (χ2v) is 19.3. The van der Waals surface area contributed by atoms with Crippen molar-refractivity contribution in [2.75, 3.05) is 47.5 Å². The molecule has 9 nitrogen and oxygen atoms in total. The van der Waals surface area contributed by atoms with Crippen LogP contribution in [0.2, 0.25) is 0 Å². The van der Waals surface area contributed by atoms with Gasteiger partial charge in [-0.3, -0.25) is 14.2 Å². The third-order valence-electron chi connectivity index (χ3n) is 10.9. The molecule has 0 aromatic heterocycles. The molecule has 340 valence electrons. The summed E-state index contributed by atoms with van der Waals surface area (Å²) < 4.78 is 34.0. The number of phosphoric acid groups is 1. The molecule has 1 unspecified atom stereocenters. The predicted octanol–water partition coefficient (Wildman–Crippen LogP) is 13.3. The molecular weight excluding hydrogens is 737 g/mol. The van der Waals surface area contributed by atoms with E-state index in [0.717, 1.165) is 32.1 Å². The smallest absolute Gasteiger partial charge is 0.306 e. The number of hydrogen-bond donors (Lipinski definition) is 0. The third kappa shape index (κ3) is 44.4. The van der Waals surface area contributed by atoms with Gasteiger partial charge in [-0.2, -0.15) is 0 Å². The number of carbonyl (C=O) groups excluding carboxylic acids is 2. The number of phosphoric ester groups is 1. The number of esters is 2. The SMILES string of the molecule is CCCCCCCCCCCCCCCCCCCCCC(=O)O[C@H](COC(=O)CCCCCCCCCCCCCCCC)COP(=O)([O-])OCC[N+](C)(C)C. The number of quaternary nitrogens is 1. The molecular formula is C47H94NO8P. The van der Waals surface area contributed by atoms with Crippen molar-refractivity contribution in [2.24, 2.45) is 0 Å². The fourth-order valence-corrected chi connectivity index (χ4v) is 7.80. The van der Waals surface area contributed by atoms with E-state index >= 15 is 0 Å². The standard InChI is InChI=1S/C47H94NO8P/c1-6-8-10-12-14-16-18-20-22-23-24-25-26-28-30-32-34-36-38-40-47(50)56-45(44-55-57(51,52)54-42-41-48(3,4)5)43-53-46(49)39-37-35-33-31-29-27-21-19-17-15-13-11-9-7-2/h45H,6-44H2,1-5H3/t45-/m1/s1. The molecule has 0 radical (unpaired) electrons. The first-order valence-electron chi connectivity index (χ1n) is 24.2. The summed E-state index contributed by atoms with van der Waals surface area (Å²) in [6, 6.07) is 0. The first-order valence-corrected chi connectivity index (χ1v) is 25.7. The van der Waals surface area contributed by atoms with Crippen molar-refractivity contribution in [3.05, 3.63) is 0 Å². The Kier molecular flexibility index (Phi) is 39.7. The maximum atomic E-state index is 12.7. The molecule has 57 heavy (non-hydrogen) atoms. The summed E-state index contributed by atoms with van der Waals surface area (Å²) in [6.07, 6.45) is 41.2. The molecule has 0 aliphatic rings. The Hall–Kier alpha value is -0.990. The van der Waals surface area contributed by atoms with Crippen LogP contribution in [0.3, 0.4) is 0 Å². The average molecular weight is 832 g/mol. The van der Waals surface area contributed by atoms with Gasteiger partial charge >= 0.3 is 11.9 Å². The lowest BCUT2D eigenvalue weighted by atomic mass is 10.0. The Morgan fingerprint density at radius 1 is 0.474 bits per heavy atom. The third-order valence-corrected chi connectivity index (χ3v) is 11.8. The van der Waals surface area contributed by atoms with Crippen LogP contribution in [-0.2, 0) is 32.7 Å². The van der Waals surface area contributed by atoms with Gasteiger partial charge in [-0.05, 0) is 12.8 Å². The van der Waals surface area contributed by atoms with E-state index in [9.17, 15) is 19.0 Å². The maximum absolute atomic E-state index is 12.7. The molecule has 0 heterocycles. The zero-order valence-electron chi connectivity index (χ0n) is 38.3. The molecule has 0 spiro atoms. The zero-order chi connectivity index (χ0) is 42.1. The van der Waals surface area contributed by atoms with Crippen LogP contribution in [0.15, 0.2) is 0 Å². The van der Waals surface area contributed by atoms with E-state index in [4.69, 9.17) is 18.5 Å². The average Bonchev–Trinajstić information content (AvgIpc) is 3.16. The summed E-state index contributed by atoms with van der Waals surface area (Å²) in [6.45, 7) is 4.28. The van der Waals surface area contributed by atoms with Crippen LogP contribution in [-0.4, -0.2) is 70.0 Å². The van der Waals surface area contributed by atoms with Crippen molar-refractivity contribution >= 4 is 19.8 Å². The number of ether oxygens (including phenoxy) is 2. The van der Waals surface area contributed by atoms with Crippen LogP contribution in [0.4, 0.5) is 0 Å². The highest BCUT2D eigenvalue weighted by molar-refractivity contribution is 7.45. The van der Waals surface area contributed by atoms with Gasteiger partial charge < -0.3 is 27.9 Å². The number of carbonyl (C=O) groups is 2. The number of likely N-dealkylation sites (N-methyl/N-ethyl adjacent to an activating group) is 1. The summed E-state index contributed by atoms with van der Waals surface area (Å²) >= 11 is 0. The Bertz CT molecular complexity index is 943. The van der Waals surface area contributed by atoms with Crippen LogP contribution in [0.1, 0.15) is 239 Å². The Morgan fingerprint density at radius 2 is 0.789 bits per heavy atom. The lowest BCUT2D eigenvalue weighted by Crippen LogP contribution is -2.37. The molecule has 0 rings (SSSR count). The summed E-state index contributed by atoms with van der Waals surface area (Å²) in [7, 11) is 1.18. The maximum Gasteiger partial charge on any atom is 0.306 e. The van der Waals surface area contributed by atoms with Gasteiger partial charge in [0, 0.05) is 12.8 Å². The Balaban J connectivity index is 4.23. The minimum absolute atomic E-state index is 0.0255. The fraction of sp³-hybridized carbons (Fsp3) is 0.957. The molecule has 0 aliphatic carbocycles. The topological polar surface area (TPSA) is 111 Å². The first-order chi connectivity index (χ1) is 27.5. The van der Waals surface area contributed by atoms with E-state index in [-0.39, 0.29) is 32.0 Å². The summed E-state index contributed by atoms with van der Waals surface area (Å²) in [4.78, 5) is 37.6. The molecule has 10 heteroatoms. The van der Waals surface area contributed by atoms with E-state index < -0.39 is 26.5 Å². The molecule has 0 saturated heterocycles. The monoisotopic (exact) mass is 832 g/mol. The number of rotatable bonds is 45. The fourth-order valence-electron chi connectivity index (χ4n) is 7.07. The normalized spacial score (nSPS) is 13.4. The predicted molar refractivity (Wildman–Crippen MR) is 236 cm³/mol. The van der Waals surface area contributed by atoms with Gasteiger partial charge in [-0.25, -0.2) is 0 Å². The minimum Gasteiger partial charge on any atom is -0.756 e. The summed E-state index contributed by atoms with van der Waals surface area (Å²) in [5.41, 5.74) is 0. The van der Waals surface area contributed by atoms with Gasteiger partial charge in [-0.1, -0.05) is 213 Å². The molecule has 0 aromatic carbocycles. The highest BCUT2D eigenvalue weighted by atomic mass is 31.2. The second kappa shape index (κ2) is 40.4. The minimum atomic E-state index is -4.62. The Labute approximate surface area is 353 Å². The van der Waals surface area contributed by atoms with Crippen molar-refractivity contribution < 1.29 is 42.1 Å². The van der Waals surface area contributed by atoms with Gasteiger partial charge in [0.15, 0.2) is 6.10 Å². The summed E-state index contributed by atoms with van der Waals surface area (Å²) in [5.74, 6) is -0.816. The molecule has 0 bridgehead atoms. The van der Waals surface area contributed by atoms with E-state index in [2.05, 4.69) is 13.8 Å². The van der Waals surface area contributed by atoms with Crippen LogP contribution >= 0.6 is 7.82 Å². The zero-order valence-corrected chi connectivity index (χ0v) is 39.2. The summed E-state index contributed by atoms with van der Waals surface area (Å²) in [5, 5.41) is 0. The number of hydrogen-bond acceptors (Lipinski definition) is 8. The molecule has 0 saturated carbocycles. The van der Waals surface area contributed by atoms with Crippen LogP contribution < -0.4 is 4.89 Å². The van der Waals surface area contributed by atoms with Crippen LogP contribution in [0.25, 0.3) is 0 Å². The van der Waals surface area contributed by atoms with Gasteiger partial charge in [0.2, 0.25) is 0 Å². The van der Waals surface area contributed by atoms with Crippen LogP contribution in [0.5, 0.6) is 0 Å². The van der Waals surface area contributed by atoms with Crippen molar-refractivity contribution in [1.82, 2.24) is 0 Å². The van der Waals surface area contributed by atoms with E-state index in [1.165, 1.54) is 173 Å². The second-order valence-electron chi connectivity index (χ2n) is 17.8. The van der Waals surface area contributed by atoms with Gasteiger partial charge in [-0.15, -0.1) is 0 Å². The van der Waals surface area contributed by atoms with E-state index in [1.807, 2.05) is 21.1 Å². The largest absolute Gasteiger partial charge is 0.756 e. The lowest BCUT2D eigenvalue weighted by Gasteiger charge is -2.28. The number of unbranched alkanes of at least 4 members (excludes halogenated alkanes) is 31. The van der Waals surface area contributed by atoms with E-state index in [1.54, 1.807) is 0 Å². The number of nitrogens with zero attached hydrogens (tertiary/aromatic N) is 1. The highest BCUT2D eigenvalue weighted by Gasteiger charge is 2.21. The Morgan fingerprint density at radius 3 is 1.12 bits per heavy atom. The first kappa shape index (κ1) is 56.0. The van der Waals surface area contributed by atoms with E-state index in [0.29, 0.717) is 17.4 Å². The molecule has 0 aromatic rings. The van der Waals surface area contributed by atoms with Crippen molar-refractivity contribution in [3.63, 3.8) is 0 Å². The van der Waals surface area contributed by atoms with Crippen molar-refractivity contribution in [3.8, 4) is 0 Å². The molecule has 0 amide bonds. The van der Waals surface area contributed by atoms with Gasteiger partial charge in [0.05, 0.1) is 27.7 Å². The van der Waals surface area contributed by atoms with Crippen molar-refractivity contribution in [1.29, 1.82) is 0 Å².